The summed E-state index contributed by atoms with van der Waals surface area (Å²) in [5.41, 5.74) is 1.19. The molecule has 3 rings (SSSR count). The number of amides is 1. The van der Waals surface area contributed by atoms with Gasteiger partial charge in [0.25, 0.3) is 5.91 Å². The first-order valence-electron chi connectivity index (χ1n) is 7.68. The van der Waals surface area contributed by atoms with Gasteiger partial charge in [0.1, 0.15) is 17.5 Å². The lowest BCUT2D eigenvalue weighted by Crippen LogP contribution is -2.34. The first-order valence-corrected chi connectivity index (χ1v) is 7.68. The Balaban J connectivity index is 1.75. The third kappa shape index (κ3) is 3.47. The topological polar surface area (TPSA) is 73.6 Å². The summed E-state index contributed by atoms with van der Waals surface area (Å²) in [4.78, 5) is 12.5. The molecule has 7 heteroatoms. The maximum Gasteiger partial charge on any atom is 0.257 e. The summed E-state index contributed by atoms with van der Waals surface area (Å²) in [6.07, 6.45) is -0.221. The second-order valence-corrected chi connectivity index (χ2v) is 6.14. The molecular weight excluding hydrogens is 315 g/mol. The smallest absolute Gasteiger partial charge is 0.257 e. The normalized spacial score (nSPS) is 19.4. The van der Waals surface area contributed by atoms with Gasteiger partial charge in [0.15, 0.2) is 11.5 Å². The molecule has 2 aromatic rings. The van der Waals surface area contributed by atoms with Crippen LogP contribution in [-0.2, 0) is 9.47 Å². The molecule has 0 unspecified atom stereocenters. The molecule has 2 heterocycles. The maximum atomic E-state index is 13.4. The highest BCUT2D eigenvalue weighted by Gasteiger charge is 2.33. The van der Waals surface area contributed by atoms with E-state index in [1.165, 1.54) is 12.1 Å². The molecule has 1 aromatic carbocycles. The van der Waals surface area contributed by atoms with Gasteiger partial charge < -0.3 is 19.3 Å². The average molecular weight is 334 g/mol. The number of aromatic nitrogens is 1. The molecule has 24 heavy (non-hydrogen) atoms. The molecule has 0 spiro atoms. The predicted octanol–water partition coefficient (Wildman–Crippen LogP) is 2.67. The van der Waals surface area contributed by atoms with E-state index in [0.717, 1.165) is 0 Å². The van der Waals surface area contributed by atoms with Gasteiger partial charge in [-0.1, -0.05) is 17.3 Å². The minimum Gasteiger partial charge on any atom is -0.355 e. The van der Waals surface area contributed by atoms with E-state index in [2.05, 4.69) is 10.5 Å². The number of nitrogens with one attached hydrogen (secondary N) is 1. The summed E-state index contributed by atoms with van der Waals surface area (Å²) < 4.78 is 29.8. The van der Waals surface area contributed by atoms with Crippen LogP contribution >= 0.6 is 0 Å². The average Bonchev–Trinajstić information content (AvgIpc) is 3.07. The van der Waals surface area contributed by atoms with Crippen LogP contribution in [0.25, 0.3) is 11.3 Å². The van der Waals surface area contributed by atoms with E-state index in [-0.39, 0.29) is 17.8 Å². The fourth-order valence-corrected chi connectivity index (χ4v) is 2.62. The van der Waals surface area contributed by atoms with Gasteiger partial charge in [-0.15, -0.1) is 0 Å². The minimum atomic E-state index is -0.644. The van der Waals surface area contributed by atoms with Crippen molar-refractivity contribution in [3.8, 4) is 11.3 Å². The summed E-state index contributed by atoms with van der Waals surface area (Å²) in [5, 5.41) is 6.63. The molecule has 1 amide bonds. The van der Waals surface area contributed by atoms with Crippen molar-refractivity contribution in [1.82, 2.24) is 10.5 Å². The Kier molecular flexibility index (Phi) is 4.38. The van der Waals surface area contributed by atoms with Gasteiger partial charge in [0.2, 0.25) is 0 Å². The number of halogens is 1. The molecular formula is C17H19FN2O4. The maximum absolute atomic E-state index is 13.4. The van der Waals surface area contributed by atoms with E-state index in [9.17, 15) is 9.18 Å². The van der Waals surface area contributed by atoms with Gasteiger partial charge in [-0.3, -0.25) is 4.79 Å². The van der Waals surface area contributed by atoms with Crippen molar-refractivity contribution in [3.05, 3.63) is 41.3 Å². The highest BCUT2D eigenvalue weighted by molar-refractivity contribution is 6.00. The summed E-state index contributed by atoms with van der Waals surface area (Å²) in [6.45, 7) is 6.02. The van der Waals surface area contributed by atoms with Crippen molar-refractivity contribution >= 4 is 5.91 Å². The van der Waals surface area contributed by atoms with E-state index in [1.807, 2.05) is 13.8 Å². The van der Waals surface area contributed by atoms with E-state index >= 15 is 0 Å². The van der Waals surface area contributed by atoms with Gasteiger partial charge >= 0.3 is 0 Å². The van der Waals surface area contributed by atoms with Crippen LogP contribution in [0, 0.1) is 12.7 Å². The van der Waals surface area contributed by atoms with Gasteiger partial charge in [0.05, 0.1) is 12.3 Å². The summed E-state index contributed by atoms with van der Waals surface area (Å²) in [6, 6.07) is 5.84. The van der Waals surface area contributed by atoms with Crippen molar-refractivity contribution in [2.24, 2.45) is 0 Å². The van der Waals surface area contributed by atoms with E-state index in [1.54, 1.807) is 19.1 Å². The highest BCUT2D eigenvalue weighted by atomic mass is 19.1. The second-order valence-electron chi connectivity index (χ2n) is 6.14. The Morgan fingerprint density at radius 2 is 2.25 bits per heavy atom. The van der Waals surface area contributed by atoms with Crippen LogP contribution in [0.15, 0.2) is 28.8 Å². The first-order chi connectivity index (χ1) is 11.4. The predicted molar refractivity (Wildman–Crippen MR) is 83.9 cm³/mol. The fraction of sp³-hybridized carbons (Fsp3) is 0.412. The Labute approximate surface area is 138 Å². The third-order valence-corrected chi connectivity index (χ3v) is 3.73. The lowest BCUT2D eigenvalue weighted by Gasteiger charge is -2.17. The van der Waals surface area contributed by atoms with Crippen molar-refractivity contribution in [3.63, 3.8) is 0 Å². The quantitative estimate of drug-likeness (QED) is 0.930. The molecule has 128 valence electrons. The number of nitrogens with zero attached hydrogens (tertiary/aromatic N) is 1. The molecule has 1 atom stereocenters. The molecule has 6 nitrogen and oxygen atoms in total. The van der Waals surface area contributed by atoms with E-state index in [4.69, 9.17) is 14.0 Å². The van der Waals surface area contributed by atoms with Crippen molar-refractivity contribution < 1.29 is 23.2 Å². The monoisotopic (exact) mass is 334 g/mol. The number of hydrogen-bond donors (Lipinski definition) is 1. The number of carbonyl (C=O) groups is 1. The molecule has 0 aliphatic carbocycles. The summed E-state index contributed by atoms with van der Waals surface area (Å²) in [7, 11) is 0. The zero-order valence-corrected chi connectivity index (χ0v) is 13.8. The Bertz CT molecular complexity index is 757. The zero-order valence-electron chi connectivity index (χ0n) is 13.8. The van der Waals surface area contributed by atoms with Crippen LogP contribution in [0.1, 0.15) is 29.9 Å². The number of ether oxygens (including phenoxy) is 2. The fourth-order valence-electron chi connectivity index (χ4n) is 2.62. The second kappa shape index (κ2) is 6.33. The zero-order chi connectivity index (χ0) is 17.3. The molecule has 1 aliphatic rings. The van der Waals surface area contributed by atoms with Gasteiger partial charge in [-0.25, -0.2) is 4.39 Å². The van der Waals surface area contributed by atoms with Crippen LogP contribution in [0.5, 0.6) is 0 Å². The van der Waals surface area contributed by atoms with Gasteiger partial charge in [-0.2, -0.15) is 0 Å². The largest absolute Gasteiger partial charge is 0.355 e. The third-order valence-electron chi connectivity index (χ3n) is 3.73. The molecule has 1 aromatic heterocycles. The molecule has 1 N–H and O–H groups in total. The summed E-state index contributed by atoms with van der Waals surface area (Å²) in [5.74, 6) is -1.16. The van der Waals surface area contributed by atoms with Crippen LogP contribution in [0.3, 0.4) is 0 Å². The van der Waals surface area contributed by atoms with Crippen LogP contribution in [0.4, 0.5) is 4.39 Å². The van der Waals surface area contributed by atoms with Crippen LogP contribution < -0.4 is 5.32 Å². The van der Waals surface area contributed by atoms with Crippen molar-refractivity contribution in [2.45, 2.75) is 32.7 Å². The SMILES string of the molecule is Cc1noc(-c2cccc(F)c2)c1C(=O)NC[C@@H]1COC(C)(C)O1. The van der Waals surface area contributed by atoms with Crippen molar-refractivity contribution in [2.75, 3.05) is 13.2 Å². The van der Waals surface area contributed by atoms with Crippen LogP contribution in [0.2, 0.25) is 0 Å². The molecule has 0 saturated carbocycles. The van der Waals surface area contributed by atoms with Crippen molar-refractivity contribution in [1.29, 1.82) is 0 Å². The van der Waals surface area contributed by atoms with Gasteiger partial charge in [0, 0.05) is 12.1 Å². The number of rotatable bonds is 4. The lowest BCUT2D eigenvalue weighted by atomic mass is 10.1. The highest BCUT2D eigenvalue weighted by Crippen LogP contribution is 2.27. The molecule has 0 radical (unpaired) electrons. The molecule has 0 bridgehead atoms. The number of benzene rings is 1. The lowest BCUT2D eigenvalue weighted by molar-refractivity contribution is -0.137. The molecule has 1 saturated heterocycles. The first kappa shape index (κ1) is 16.6. The standard InChI is InChI=1S/C17H19FN2O4/c1-10-14(15(24-20-10)11-5-4-6-12(18)7-11)16(21)19-8-13-9-22-17(2,3)23-13/h4-7,13H,8-9H2,1-3H3,(H,19,21)/t13-/m1/s1. The number of carbonyl (C=O) groups excluding carboxylic acids is 1. The summed E-state index contributed by atoms with van der Waals surface area (Å²) >= 11 is 0. The molecule has 1 aliphatic heterocycles. The Morgan fingerprint density at radius 3 is 2.92 bits per heavy atom. The number of aryl methyl sites for hydroxylation is 1. The molecule has 1 fully saturated rings. The van der Waals surface area contributed by atoms with Gasteiger partial charge in [-0.05, 0) is 32.9 Å². The Hall–Kier alpha value is -2.25. The minimum absolute atomic E-state index is 0.221. The van der Waals surface area contributed by atoms with E-state index < -0.39 is 11.6 Å². The number of hydrogen-bond acceptors (Lipinski definition) is 5. The Morgan fingerprint density at radius 1 is 1.46 bits per heavy atom. The van der Waals surface area contributed by atoms with Crippen LogP contribution in [-0.4, -0.2) is 36.1 Å². The van der Waals surface area contributed by atoms with E-state index in [0.29, 0.717) is 30.0 Å².